The molecule has 5 heteroatoms. The smallest absolute Gasteiger partial charge is 0.381 e. The first kappa shape index (κ1) is 19.4. The van der Waals surface area contributed by atoms with Crippen molar-refractivity contribution < 1.29 is 0 Å². The summed E-state index contributed by atoms with van der Waals surface area (Å²) in [5.41, 5.74) is 0. The maximum atomic E-state index is 4.10. The van der Waals surface area contributed by atoms with Crippen molar-refractivity contribution in [3.8, 4) is 0 Å². The maximum absolute atomic E-state index is 4.10. The third-order valence-corrected chi connectivity index (χ3v) is 9.56. The van der Waals surface area contributed by atoms with Crippen LogP contribution in [0.5, 0.6) is 0 Å². The van der Waals surface area contributed by atoms with Crippen LogP contribution in [0.1, 0.15) is 96.3 Å². The van der Waals surface area contributed by atoms with Crippen LogP contribution in [0.15, 0.2) is 12.8 Å². The fourth-order valence-corrected chi connectivity index (χ4v) is 8.57. The fraction of sp³-hybridized carbons (Fsp3) is 0.900. The van der Waals surface area contributed by atoms with Crippen LogP contribution in [0.4, 0.5) is 0 Å². The number of nitrogens with one attached hydrogen (secondary N) is 4. The van der Waals surface area contributed by atoms with E-state index in [4.69, 9.17) is 0 Å². The van der Waals surface area contributed by atoms with Crippen LogP contribution in [0.25, 0.3) is 0 Å². The van der Waals surface area contributed by atoms with Gasteiger partial charge in [0.05, 0.1) is 0 Å². The highest BCUT2D eigenvalue weighted by atomic mass is 28.4. The molecule has 4 nitrogen and oxygen atoms in total. The second-order valence-electron chi connectivity index (χ2n) is 8.54. The zero-order chi connectivity index (χ0) is 17.4. The quantitative estimate of drug-likeness (QED) is 0.493. The van der Waals surface area contributed by atoms with Crippen molar-refractivity contribution in [1.82, 2.24) is 19.9 Å². The van der Waals surface area contributed by atoms with Gasteiger partial charge in [-0.05, 0) is 44.7 Å². The minimum Gasteiger partial charge on any atom is -0.381 e. The zero-order valence-corrected chi connectivity index (χ0v) is 17.1. The van der Waals surface area contributed by atoms with Gasteiger partial charge in [-0.3, -0.25) is 14.9 Å². The molecule has 3 rings (SSSR count). The first-order valence-corrected chi connectivity index (χ1v) is 13.0. The zero-order valence-electron chi connectivity index (χ0n) is 16.1. The van der Waals surface area contributed by atoms with Crippen molar-refractivity contribution in [2.45, 2.75) is 114 Å². The van der Waals surface area contributed by atoms with Gasteiger partial charge in [0.2, 0.25) is 0 Å². The summed E-state index contributed by atoms with van der Waals surface area (Å²) in [6.07, 6.45) is 22.4. The lowest BCUT2D eigenvalue weighted by Crippen LogP contribution is -2.84. The SMILES string of the molecule is C=CN[Si](NC1CCCCC1)(NC1CCCCC1)NC1CCCCC1. The molecule has 0 amide bonds. The van der Waals surface area contributed by atoms with Gasteiger partial charge in [0.1, 0.15) is 0 Å². The highest BCUT2D eigenvalue weighted by Crippen LogP contribution is 2.22. The Balaban J connectivity index is 1.70. The highest BCUT2D eigenvalue weighted by molar-refractivity contribution is 6.70. The topological polar surface area (TPSA) is 48.1 Å². The lowest BCUT2D eigenvalue weighted by Gasteiger charge is -2.43. The second-order valence-corrected chi connectivity index (χ2v) is 11.2. The molecule has 0 radical (unpaired) electrons. The van der Waals surface area contributed by atoms with E-state index in [0.717, 1.165) is 0 Å². The van der Waals surface area contributed by atoms with Crippen LogP contribution < -0.4 is 19.9 Å². The molecule has 0 aliphatic heterocycles. The molecule has 0 atom stereocenters. The lowest BCUT2D eigenvalue weighted by molar-refractivity contribution is 0.362. The van der Waals surface area contributed by atoms with Crippen molar-refractivity contribution in [2.75, 3.05) is 0 Å². The number of hydrogen-bond donors (Lipinski definition) is 4. The molecule has 0 heterocycles. The first-order valence-electron chi connectivity index (χ1n) is 11.0. The number of rotatable bonds is 8. The summed E-state index contributed by atoms with van der Waals surface area (Å²) in [5, 5.41) is 0. The van der Waals surface area contributed by atoms with Crippen LogP contribution in [-0.4, -0.2) is 26.8 Å². The highest BCUT2D eigenvalue weighted by Gasteiger charge is 2.41. The van der Waals surface area contributed by atoms with Crippen molar-refractivity contribution in [1.29, 1.82) is 0 Å². The van der Waals surface area contributed by atoms with E-state index < -0.39 is 8.72 Å². The van der Waals surface area contributed by atoms with Gasteiger partial charge < -0.3 is 4.98 Å². The van der Waals surface area contributed by atoms with E-state index >= 15 is 0 Å². The van der Waals surface area contributed by atoms with Gasteiger partial charge in [-0.2, -0.15) is 0 Å². The molecule has 4 N–H and O–H groups in total. The Labute approximate surface area is 156 Å². The Morgan fingerprint density at radius 1 is 0.560 bits per heavy atom. The predicted octanol–water partition coefficient (Wildman–Crippen LogP) is 3.92. The summed E-state index contributed by atoms with van der Waals surface area (Å²) in [6, 6.07) is 1.96. The summed E-state index contributed by atoms with van der Waals surface area (Å²) >= 11 is 0. The van der Waals surface area contributed by atoms with Gasteiger partial charge in [0, 0.05) is 18.1 Å². The lowest BCUT2D eigenvalue weighted by atomic mass is 9.96. The average Bonchev–Trinajstić information content (AvgIpc) is 2.64. The van der Waals surface area contributed by atoms with E-state index in [1.807, 2.05) is 6.20 Å². The van der Waals surface area contributed by atoms with Crippen LogP contribution >= 0.6 is 0 Å². The van der Waals surface area contributed by atoms with Crippen molar-refractivity contribution >= 4 is 8.72 Å². The van der Waals surface area contributed by atoms with Gasteiger partial charge in [-0.25, -0.2) is 0 Å². The molecular weight excluding hydrogens is 324 g/mol. The maximum Gasteiger partial charge on any atom is 0.397 e. The monoisotopic (exact) mass is 364 g/mol. The third kappa shape index (κ3) is 6.09. The molecule has 0 aromatic carbocycles. The van der Waals surface area contributed by atoms with Crippen molar-refractivity contribution in [3.63, 3.8) is 0 Å². The Bertz CT molecular complexity index is 335. The van der Waals surface area contributed by atoms with E-state index in [-0.39, 0.29) is 0 Å². The largest absolute Gasteiger partial charge is 0.397 e. The molecular formula is C20H40N4Si. The molecule has 3 saturated carbocycles. The standard InChI is InChI=1S/C20H40N4Si/c1-2-21-25(22-18-12-6-3-7-13-18,23-19-14-8-4-9-15-19)24-20-16-10-5-11-17-20/h2,18-24H,1,3-17H2. The third-order valence-electron chi connectivity index (χ3n) is 6.40. The summed E-state index contributed by atoms with van der Waals surface area (Å²) in [7, 11) is -2.18. The van der Waals surface area contributed by atoms with Crippen LogP contribution in [-0.2, 0) is 0 Å². The molecule has 25 heavy (non-hydrogen) atoms. The Kier molecular flexibility index (Phi) is 7.83. The van der Waals surface area contributed by atoms with Crippen molar-refractivity contribution in [3.05, 3.63) is 12.8 Å². The van der Waals surface area contributed by atoms with Crippen LogP contribution in [0.3, 0.4) is 0 Å². The molecule has 0 saturated heterocycles. The van der Waals surface area contributed by atoms with E-state index in [0.29, 0.717) is 18.1 Å². The van der Waals surface area contributed by atoms with Gasteiger partial charge in [0.25, 0.3) is 0 Å². The molecule has 3 aliphatic carbocycles. The molecule has 0 spiro atoms. The Morgan fingerprint density at radius 3 is 1.16 bits per heavy atom. The first-order chi connectivity index (χ1) is 12.3. The van der Waals surface area contributed by atoms with Crippen LogP contribution in [0.2, 0.25) is 0 Å². The second kappa shape index (κ2) is 10.1. The average molecular weight is 365 g/mol. The normalized spacial score (nSPS) is 25.0. The van der Waals surface area contributed by atoms with Gasteiger partial charge in [0.15, 0.2) is 0 Å². The molecule has 0 aromatic rings. The van der Waals surface area contributed by atoms with E-state index in [1.165, 1.54) is 96.3 Å². The van der Waals surface area contributed by atoms with Gasteiger partial charge >= 0.3 is 8.72 Å². The van der Waals surface area contributed by atoms with Crippen molar-refractivity contribution in [2.24, 2.45) is 0 Å². The molecule has 144 valence electrons. The Hall–Kier alpha value is -0.363. The fourth-order valence-electron chi connectivity index (χ4n) is 5.06. The summed E-state index contributed by atoms with van der Waals surface area (Å²) in [5.74, 6) is 0. The van der Waals surface area contributed by atoms with Crippen LogP contribution in [0, 0.1) is 0 Å². The predicted molar refractivity (Wildman–Crippen MR) is 109 cm³/mol. The molecule has 3 aliphatic rings. The minimum absolute atomic E-state index is 0.653. The van der Waals surface area contributed by atoms with E-state index in [1.54, 1.807) is 0 Å². The Morgan fingerprint density at radius 2 is 0.880 bits per heavy atom. The number of hydrogen-bond acceptors (Lipinski definition) is 4. The van der Waals surface area contributed by atoms with E-state index in [2.05, 4.69) is 26.5 Å². The van der Waals surface area contributed by atoms with E-state index in [9.17, 15) is 0 Å². The van der Waals surface area contributed by atoms with Gasteiger partial charge in [-0.1, -0.05) is 64.4 Å². The summed E-state index contributed by atoms with van der Waals surface area (Å²) in [6.45, 7) is 4.03. The molecule has 0 unspecified atom stereocenters. The minimum atomic E-state index is -2.18. The van der Waals surface area contributed by atoms with Gasteiger partial charge in [-0.15, -0.1) is 0 Å². The molecule has 3 fully saturated rings. The molecule has 0 aromatic heterocycles. The summed E-state index contributed by atoms with van der Waals surface area (Å²) < 4.78 is 0. The summed E-state index contributed by atoms with van der Waals surface area (Å²) in [4.78, 5) is 16.0. The molecule has 0 bridgehead atoms.